The summed E-state index contributed by atoms with van der Waals surface area (Å²) in [5.41, 5.74) is 9.01. The van der Waals surface area contributed by atoms with Crippen molar-refractivity contribution in [2.24, 2.45) is 0 Å². The van der Waals surface area contributed by atoms with Gasteiger partial charge in [-0.05, 0) is 60.7 Å². The molecular formula is C44H22N4O2. The molecule has 0 aliphatic carbocycles. The second-order valence-electron chi connectivity index (χ2n) is 12.7. The van der Waals surface area contributed by atoms with Gasteiger partial charge < -0.3 is 18.0 Å². The molecule has 7 aromatic carbocycles. The highest BCUT2D eigenvalue weighted by Gasteiger charge is 2.25. The molecule has 0 saturated carbocycles. The van der Waals surface area contributed by atoms with E-state index in [1.807, 2.05) is 78.9 Å². The fourth-order valence-corrected chi connectivity index (χ4v) is 8.07. The summed E-state index contributed by atoms with van der Waals surface area (Å²) in [5, 5.41) is 29.9. The Morgan fingerprint density at radius 2 is 0.900 bits per heavy atom. The molecule has 50 heavy (non-hydrogen) atoms. The molecular weight excluding hydrogens is 617 g/mol. The van der Waals surface area contributed by atoms with E-state index in [0.29, 0.717) is 22.5 Å². The van der Waals surface area contributed by atoms with Gasteiger partial charge in [0.25, 0.3) is 0 Å². The van der Waals surface area contributed by atoms with Crippen LogP contribution in [0.15, 0.2) is 142 Å². The fourth-order valence-electron chi connectivity index (χ4n) is 8.07. The van der Waals surface area contributed by atoms with Crippen molar-refractivity contribution in [3.63, 3.8) is 0 Å². The summed E-state index contributed by atoms with van der Waals surface area (Å²) < 4.78 is 16.8. The first-order valence-corrected chi connectivity index (χ1v) is 16.4. The van der Waals surface area contributed by atoms with Crippen molar-refractivity contribution in [3.05, 3.63) is 145 Å². The van der Waals surface area contributed by atoms with E-state index in [2.05, 4.69) is 75.9 Å². The Morgan fingerprint density at radius 3 is 1.46 bits per heavy atom. The Kier molecular flexibility index (Phi) is 5.16. The van der Waals surface area contributed by atoms with Crippen LogP contribution in [0.5, 0.6) is 0 Å². The van der Waals surface area contributed by atoms with Crippen molar-refractivity contribution in [2.45, 2.75) is 0 Å². The van der Waals surface area contributed by atoms with Crippen LogP contribution in [0.1, 0.15) is 11.1 Å². The van der Waals surface area contributed by atoms with E-state index in [9.17, 15) is 10.5 Å². The molecule has 0 aliphatic heterocycles. The number of rotatable bonds is 2. The highest BCUT2D eigenvalue weighted by atomic mass is 16.3. The number of hydrogen-bond donors (Lipinski definition) is 0. The second-order valence-corrected chi connectivity index (χ2v) is 12.7. The van der Waals surface area contributed by atoms with Crippen LogP contribution in [-0.2, 0) is 0 Å². The maximum Gasteiger partial charge on any atom is 0.136 e. The summed E-state index contributed by atoms with van der Waals surface area (Å²) in [5.74, 6) is 0. The molecule has 0 N–H and O–H groups in total. The minimum Gasteiger partial charge on any atom is -0.456 e. The van der Waals surface area contributed by atoms with Gasteiger partial charge in [-0.3, -0.25) is 0 Å². The van der Waals surface area contributed by atoms with Crippen molar-refractivity contribution in [1.82, 2.24) is 9.13 Å². The number of nitrogens with zero attached hydrogens (tertiary/aromatic N) is 4. The predicted molar refractivity (Wildman–Crippen MR) is 199 cm³/mol. The SMILES string of the molecule is N#Cc1ccc(-n2c3ccccc3c3cc4oc5ccccc5c4cc32)c(C#N)c1-n1c2ccccc2c2cc3oc4ccccc4c3cc21. The van der Waals surface area contributed by atoms with Crippen molar-refractivity contribution >= 4 is 87.5 Å². The van der Waals surface area contributed by atoms with Crippen molar-refractivity contribution in [1.29, 1.82) is 10.5 Å². The molecule has 230 valence electrons. The van der Waals surface area contributed by atoms with E-state index in [4.69, 9.17) is 8.83 Å². The fraction of sp³-hybridized carbons (Fsp3) is 0. The van der Waals surface area contributed by atoms with E-state index in [1.54, 1.807) is 0 Å². The minimum absolute atomic E-state index is 0.406. The molecule has 0 bridgehead atoms. The third-order valence-electron chi connectivity index (χ3n) is 10.2. The molecule has 6 nitrogen and oxygen atoms in total. The zero-order valence-electron chi connectivity index (χ0n) is 26.3. The van der Waals surface area contributed by atoms with Crippen LogP contribution in [0.3, 0.4) is 0 Å². The predicted octanol–water partition coefficient (Wildman–Crippen LogP) is 11.4. The average molecular weight is 639 g/mol. The lowest BCUT2D eigenvalue weighted by Gasteiger charge is -2.17. The number of nitriles is 2. The van der Waals surface area contributed by atoms with Crippen LogP contribution in [-0.4, -0.2) is 9.13 Å². The maximum absolute atomic E-state index is 11.1. The first kappa shape index (κ1) is 26.8. The van der Waals surface area contributed by atoms with Gasteiger partial charge >= 0.3 is 0 Å². The Balaban J connectivity index is 1.29. The molecule has 0 radical (unpaired) electrons. The van der Waals surface area contributed by atoms with Gasteiger partial charge in [0.05, 0.1) is 39.0 Å². The summed E-state index contributed by atoms with van der Waals surface area (Å²) >= 11 is 0. The number of furan rings is 2. The molecule has 0 aliphatic rings. The lowest BCUT2D eigenvalue weighted by atomic mass is 10.0. The van der Waals surface area contributed by atoms with Crippen LogP contribution < -0.4 is 0 Å². The highest BCUT2D eigenvalue weighted by molar-refractivity contribution is 6.19. The molecule has 0 atom stereocenters. The number of fused-ring (bicyclic) bond motifs is 12. The summed E-state index contributed by atoms with van der Waals surface area (Å²) in [6.45, 7) is 0. The Hall–Kier alpha value is -7.28. The summed E-state index contributed by atoms with van der Waals surface area (Å²) in [6.07, 6.45) is 0. The average Bonchev–Trinajstić information content (AvgIpc) is 3.89. The van der Waals surface area contributed by atoms with Crippen molar-refractivity contribution in [3.8, 4) is 23.5 Å². The zero-order chi connectivity index (χ0) is 33.1. The second kappa shape index (κ2) is 9.64. The molecule has 0 spiro atoms. The van der Waals surface area contributed by atoms with Gasteiger partial charge in [-0.2, -0.15) is 10.5 Å². The molecule has 11 aromatic rings. The van der Waals surface area contributed by atoms with E-state index < -0.39 is 0 Å². The quantitative estimate of drug-likeness (QED) is 0.189. The lowest BCUT2D eigenvalue weighted by Crippen LogP contribution is -2.06. The summed E-state index contributed by atoms with van der Waals surface area (Å²) in [7, 11) is 0. The molecule has 4 aromatic heterocycles. The molecule has 0 fully saturated rings. The van der Waals surface area contributed by atoms with E-state index in [-0.39, 0.29) is 0 Å². The van der Waals surface area contributed by atoms with Crippen molar-refractivity contribution in [2.75, 3.05) is 0 Å². The number of hydrogen-bond acceptors (Lipinski definition) is 4. The molecule has 0 unspecified atom stereocenters. The maximum atomic E-state index is 11.1. The highest BCUT2D eigenvalue weighted by Crippen LogP contribution is 2.43. The van der Waals surface area contributed by atoms with Gasteiger partial charge in [0.1, 0.15) is 40.0 Å². The first-order valence-electron chi connectivity index (χ1n) is 16.4. The Bertz CT molecular complexity index is 3360. The van der Waals surface area contributed by atoms with Crippen molar-refractivity contribution < 1.29 is 8.83 Å². The largest absolute Gasteiger partial charge is 0.456 e. The van der Waals surface area contributed by atoms with Gasteiger partial charge in [0.15, 0.2) is 0 Å². The van der Waals surface area contributed by atoms with Gasteiger partial charge in [0, 0.05) is 43.1 Å². The van der Waals surface area contributed by atoms with Crippen LogP contribution in [0, 0.1) is 22.7 Å². The summed E-state index contributed by atoms with van der Waals surface area (Å²) in [6, 6.07) is 49.6. The number of benzene rings is 7. The monoisotopic (exact) mass is 638 g/mol. The summed E-state index contributed by atoms with van der Waals surface area (Å²) in [4.78, 5) is 0. The first-order chi connectivity index (χ1) is 24.7. The van der Waals surface area contributed by atoms with Crippen LogP contribution >= 0.6 is 0 Å². The van der Waals surface area contributed by atoms with Gasteiger partial charge in [-0.25, -0.2) is 0 Å². The molecule has 4 heterocycles. The molecule has 11 rings (SSSR count). The lowest BCUT2D eigenvalue weighted by molar-refractivity contribution is 0.669. The Labute approximate surface area is 283 Å². The smallest absolute Gasteiger partial charge is 0.136 e. The normalized spacial score (nSPS) is 12.0. The molecule has 0 amide bonds. The topological polar surface area (TPSA) is 83.7 Å². The standard InChI is InChI=1S/C44H22N4O2/c45-23-25-17-18-37(47-35-13-5-1-9-26(35)30-21-42-32(19-38(30)47)28-11-3-7-15-40(28)49-42)34(24-46)44(25)48-36-14-6-2-10-27(36)31-22-43-33(20-39(31)48)29-12-4-8-16-41(29)50-43/h1-22H. The number of aromatic nitrogens is 2. The van der Waals surface area contributed by atoms with E-state index in [0.717, 1.165) is 87.5 Å². The van der Waals surface area contributed by atoms with E-state index >= 15 is 0 Å². The van der Waals surface area contributed by atoms with E-state index in [1.165, 1.54) is 0 Å². The zero-order valence-corrected chi connectivity index (χ0v) is 26.3. The van der Waals surface area contributed by atoms with Crippen LogP contribution in [0.25, 0.3) is 98.9 Å². The minimum atomic E-state index is 0.406. The van der Waals surface area contributed by atoms with Gasteiger partial charge in [-0.15, -0.1) is 0 Å². The van der Waals surface area contributed by atoms with Crippen LogP contribution in [0.4, 0.5) is 0 Å². The third-order valence-corrected chi connectivity index (χ3v) is 10.2. The number of para-hydroxylation sites is 4. The van der Waals surface area contributed by atoms with Gasteiger partial charge in [0.2, 0.25) is 0 Å². The Morgan fingerprint density at radius 1 is 0.400 bits per heavy atom. The van der Waals surface area contributed by atoms with Crippen LogP contribution in [0.2, 0.25) is 0 Å². The van der Waals surface area contributed by atoms with Gasteiger partial charge in [-0.1, -0.05) is 72.8 Å². The third kappa shape index (κ3) is 3.39. The molecule has 6 heteroatoms. The molecule has 0 saturated heterocycles.